The SMILES string of the molecule is O=C(CSc1nncs1)Nc1cc(Cl)ccc1-n1cncn1. The van der Waals surface area contributed by atoms with Gasteiger partial charge in [-0.2, -0.15) is 5.10 Å². The van der Waals surface area contributed by atoms with Gasteiger partial charge in [-0.05, 0) is 18.2 Å². The van der Waals surface area contributed by atoms with Gasteiger partial charge < -0.3 is 5.32 Å². The van der Waals surface area contributed by atoms with Crippen LogP contribution in [-0.2, 0) is 4.79 Å². The summed E-state index contributed by atoms with van der Waals surface area (Å²) in [6.07, 6.45) is 2.97. The van der Waals surface area contributed by atoms with Crippen LogP contribution in [0.2, 0.25) is 5.02 Å². The van der Waals surface area contributed by atoms with Gasteiger partial charge in [0.15, 0.2) is 4.34 Å². The molecule has 1 aromatic carbocycles. The molecule has 0 aliphatic heterocycles. The highest BCUT2D eigenvalue weighted by molar-refractivity contribution is 8.01. The average Bonchev–Trinajstić information content (AvgIpc) is 3.19. The largest absolute Gasteiger partial charge is 0.323 e. The minimum absolute atomic E-state index is 0.163. The van der Waals surface area contributed by atoms with Crippen LogP contribution in [0.15, 0.2) is 40.7 Å². The highest BCUT2D eigenvalue weighted by atomic mass is 35.5. The van der Waals surface area contributed by atoms with Crippen molar-refractivity contribution in [2.75, 3.05) is 11.1 Å². The quantitative estimate of drug-likeness (QED) is 0.710. The molecular formula is C12H9ClN6OS2. The summed E-state index contributed by atoms with van der Waals surface area (Å²) in [7, 11) is 0. The number of hydrogen-bond donors (Lipinski definition) is 1. The summed E-state index contributed by atoms with van der Waals surface area (Å²) in [5.74, 6) is 0.0715. The monoisotopic (exact) mass is 352 g/mol. The number of carbonyl (C=O) groups is 1. The Morgan fingerprint density at radius 1 is 1.45 bits per heavy atom. The van der Waals surface area contributed by atoms with Gasteiger partial charge in [0.25, 0.3) is 0 Å². The maximum absolute atomic E-state index is 12.1. The van der Waals surface area contributed by atoms with Gasteiger partial charge in [-0.1, -0.05) is 34.7 Å². The standard InChI is InChI=1S/C12H9ClN6OS2/c13-8-1-2-10(19-6-14-5-16-19)9(3-8)17-11(20)4-21-12-18-15-7-22-12/h1-3,5-7H,4H2,(H,17,20). The molecule has 0 spiro atoms. The molecule has 2 aromatic heterocycles. The zero-order chi connectivity index (χ0) is 15.4. The maximum atomic E-state index is 12.1. The zero-order valence-electron chi connectivity index (χ0n) is 11.0. The molecule has 1 N–H and O–H groups in total. The van der Waals surface area contributed by atoms with Crippen LogP contribution in [0.3, 0.4) is 0 Å². The Balaban J connectivity index is 1.73. The molecule has 7 nitrogen and oxygen atoms in total. The first kappa shape index (κ1) is 14.9. The van der Waals surface area contributed by atoms with Crippen LogP contribution in [0.4, 0.5) is 5.69 Å². The summed E-state index contributed by atoms with van der Waals surface area (Å²) >= 11 is 8.72. The topological polar surface area (TPSA) is 85.6 Å². The van der Waals surface area contributed by atoms with E-state index in [4.69, 9.17) is 11.6 Å². The third-order valence-corrected chi connectivity index (χ3v) is 4.66. The molecule has 0 atom stereocenters. The molecule has 0 fully saturated rings. The van der Waals surface area contributed by atoms with E-state index in [1.54, 1.807) is 34.7 Å². The highest BCUT2D eigenvalue weighted by Gasteiger charge is 2.11. The van der Waals surface area contributed by atoms with Crippen molar-refractivity contribution < 1.29 is 4.79 Å². The van der Waals surface area contributed by atoms with Gasteiger partial charge in [-0.25, -0.2) is 9.67 Å². The number of anilines is 1. The van der Waals surface area contributed by atoms with E-state index in [9.17, 15) is 4.79 Å². The lowest BCUT2D eigenvalue weighted by molar-refractivity contribution is -0.113. The molecule has 0 unspecified atom stereocenters. The lowest BCUT2D eigenvalue weighted by Crippen LogP contribution is -2.16. The molecule has 3 aromatic rings. The van der Waals surface area contributed by atoms with E-state index in [-0.39, 0.29) is 11.7 Å². The van der Waals surface area contributed by atoms with Gasteiger partial charge in [0.1, 0.15) is 18.2 Å². The lowest BCUT2D eigenvalue weighted by Gasteiger charge is -2.11. The predicted octanol–water partition coefficient (Wildman–Crippen LogP) is 2.50. The van der Waals surface area contributed by atoms with E-state index >= 15 is 0 Å². The molecule has 0 saturated heterocycles. The summed E-state index contributed by atoms with van der Waals surface area (Å²) in [5, 5.41) is 15.0. The van der Waals surface area contributed by atoms with E-state index in [0.717, 1.165) is 4.34 Å². The second kappa shape index (κ2) is 6.86. The summed E-state index contributed by atoms with van der Waals surface area (Å²) in [4.78, 5) is 16.0. The maximum Gasteiger partial charge on any atom is 0.234 e. The van der Waals surface area contributed by atoms with Crippen LogP contribution >= 0.6 is 34.7 Å². The molecule has 0 bridgehead atoms. The fourth-order valence-electron chi connectivity index (χ4n) is 1.68. The fraction of sp³-hybridized carbons (Fsp3) is 0.0833. The number of thioether (sulfide) groups is 1. The summed E-state index contributed by atoms with van der Waals surface area (Å²) in [6, 6.07) is 5.17. The van der Waals surface area contributed by atoms with E-state index in [0.29, 0.717) is 16.4 Å². The normalized spacial score (nSPS) is 10.6. The summed E-state index contributed by atoms with van der Waals surface area (Å²) in [6.45, 7) is 0. The number of nitrogens with one attached hydrogen (secondary N) is 1. The van der Waals surface area contributed by atoms with Gasteiger partial charge in [0.05, 0.1) is 17.1 Å². The number of benzene rings is 1. The van der Waals surface area contributed by atoms with Gasteiger partial charge in [0, 0.05) is 5.02 Å². The molecule has 112 valence electrons. The Bertz CT molecular complexity index is 762. The van der Waals surface area contributed by atoms with Crippen LogP contribution < -0.4 is 5.32 Å². The molecule has 0 aliphatic rings. The van der Waals surface area contributed by atoms with Gasteiger partial charge >= 0.3 is 0 Å². The van der Waals surface area contributed by atoms with Crippen LogP contribution in [0.1, 0.15) is 0 Å². The van der Waals surface area contributed by atoms with Gasteiger partial charge in [0.2, 0.25) is 5.91 Å². The third-order valence-electron chi connectivity index (χ3n) is 2.57. The van der Waals surface area contributed by atoms with Crippen LogP contribution in [0.5, 0.6) is 0 Å². The number of amides is 1. The van der Waals surface area contributed by atoms with Crippen molar-refractivity contribution in [1.82, 2.24) is 25.0 Å². The minimum atomic E-state index is -0.163. The molecular weight excluding hydrogens is 344 g/mol. The van der Waals surface area contributed by atoms with Gasteiger partial charge in [-0.3, -0.25) is 4.79 Å². The molecule has 22 heavy (non-hydrogen) atoms. The third kappa shape index (κ3) is 3.62. The second-order valence-electron chi connectivity index (χ2n) is 4.04. The molecule has 0 aliphatic carbocycles. The van der Waals surface area contributed by atoms with Crippen molar-refractivity contribution in [2.24, 2.45) is 0 Å². The first-order valence-electron chi connectivity index (χ1n) is 6.06. The molecule has 0 radical (unpaired) electrons. The number of nitrogens with zero attached hydrogens (tertiary/aromatic N) is 5. The van der Waals surface area contributed by atoms with E-state index in [2.05, 4.69) is 25.6 Å². The number of halogens is 1. The van der Waals surface area contributed by atoms with Crippen molar-refractivity contribution in [3.63, 3.8) is 0 Å². The minimum Gasteiger partial charge on any atom is -0.323 e. The molecule has 1 amide bonds. The van der Waals surface area contributed by atoms with Crippen LogP contribution in [-0.4, -0.2) is 36.6 Å². The van der Waals surface area contributed by atoms with E-state index < -0.39 is 0 Å². The average molecular weight is 353 g/mol. The Kier molecular flexibility index (Phi) is 4.66. The van der Waals surface area contributed by atoms with Crippen molar-refractivity contribution >= 4 is 46.3 Å². The van der Waals surface area contributed by atoms with Crippen molar-refractivity contribution in [3.8, 4) is 5.69 Å². The van der Waals surface area contributed by atoms with Crippen molar-refractivity contribution in [2.45, 2.75) is 4.34 Å². The summed E-state index contributed by atoms with van der Waals surface area (Å²) in [5.41, 5.74) is 2.89. The van der Waals surface area contributed by atoms with Gasteiger partial charge in [-0.15, -0.1) is 10.2 Å². The lowest BCUT2D eigenvalue weighted by atomic mass is 10.2. The smallest absolute Gasteiger partial charge is 0.234 e. The fourth-order valence-corrected chi connectivity index (χ4v) is 3.14. The van der Waals surface area contributed by atoms with Crippen molar-refractivity contribution in [3.05, 3.63) is 41.4 Å². The summed E-state index contributed by atoms with van der Waals surface area (Å²) < 4.78 is 2.31. The Labute approximate surface area is 138 Å². The first-order chi connectivity index (χ1) is 10.7. The van der Waals surface area contributed by atoms with Crippen LogP contribution in [0, 0.1) is 0 Å². The number of rotatable bonds is 5. The molecule has 3 rings (SSSR count). The number of aromatic nitrogens is 5. The molecule has 2 heterocycles. The van der Waals surface area contributed by atoms with Crippen LogP contribution in [0.25, 0.3) is 5.69 Å². The Morgan fingerprint density at radius 3 is 3.09 bits per heavy atom. The number of hydrogen-bond acceptors (Lipinski definition) is 7. The Hall–Kier alpha value is -1.97. The Morgan fingerprint density at radius 2 is 2.36 bits per heavy atom. The van der Waals surface area contributed by atoms with E-state index in [1.165, 1.54) is 29.4 Å². The van der Waals surface area contributed by atoms with E-state index in [1.807, 2.05) is 0 Å². The first-order valence-corrected chi connectivity index (χ1v) is 8.30. The molecule has 0 saturated carbocycles. The van der Waals surface area contributed by atoms with Crippen molar-refractivity contribution in [1.29, 1.82) is 0 Å². The highest BCUT2D eigenvalue weighted by Crippen LogP contribution is 2.25. The molecule has 10 heteroatoms. The predicted molar refractivity (Wildman–Crippen MR) is 85.6 cm³/mol. The second-order valence-corrected chi connectivity index (χ2v) is 6.54. The number of carbonyl (C=O) groups excluding carboxylic acids is 1. The zero-order valence-corrected chi connectivity index (χ0v) is 13.4.